The highest BCUT2D eigenvalue weighted by molar-refractivity contribution is 6.29. The Labute approximate surface area is 150 Å². The van der Waals surface area contributed by atoms with Gasteiger partial charge in [-0.2, -0.15) is 0 Å². The normalized spacial score (nSPS) is 19.3. The van der Waals surface area contributed by atoms with E-state index in [-0.39, 0.29) is 0 Å². The summed E-state index contributed by atoms with van der Waals surface area (Å²) < 4.78 is 0. The van der Waals surface area contributed by atoms with Crippen molar-refractivity contribution in [2.45, 2.75) is 32.6 Å². The van der Waals surface area contributed by atoms with Crippen LogP contribution in [0.1, 0.15) is 31.7 Å². The number of nitrogens with zero attached hydrogens (tertiary/aromatic N) is 3. The van der Waals surface area contributed by atoms with E-state index in [1.54, 1.807) is 0 Å². The summed E-state index contributed by atoms with van der Waals surface area (Å²) in [7, 11) is 1.81. The molecule has 0 radical (unpaired) electrons. The van der Waals surface area contributed by atoms with Crippen molar-refractivity contribution in [2.24, 2.45) is 10.9 Å². The van der Waals surface area contributed by atoms with Gasteiger partial charge < -0.3 is 15.5 Å². The molecule has 0 amide bonds. The average molecular weight is 352 g/mol. The van der Waals surface area contributed by atoms with E-state index in [0.29, 0.717) is 5.15 Å². The number of hydrogen-bond acceptors (Lipinski definition) is 3. The quantitative estimate of drug-likeness (QED) is 0.343. The number of guanidine groups is 1. The zero-order chi connectivity index (χ0) is 17.2. The number of aromatic nitrogens is 1. The predicted molar refractivity (Wildman–Crippen MR) is 102 cm³/mol. The number of likely N-dealkylation sites (tertiary alicyclic amines) is 1. The maximum Gasteiger partial charge on any atom is 0.190 e. The smallest absolute Gasteiger partial charge is 0.190 e. The van der Waals surface area contributed by atoms with Gasteiger partial charge in [0.05, 0.1) is 0 Å². The van der Waals surface area contributed by atoms with Gasteiger partial charge in [-0.05, 0) is 56.3 Å². The highest BCUT2D eigenvalue weighted by Gasteiger charge is 2.15. The molecule has 6 heteroatoms. The first kappa shape index (κ1) is 19.0. The van der Waals surface area contributed by atoms with E-state index >= 15 is 0 Å². The van der Waals surface area contributed by atoms with Gasteiger partial charge in [-0.3, -0.25) is 4.99 Å². The van der Waals surface area contributed by atoms with Crippen LogP contribution in [-0.2, 0) is 6.42 Å². The Morgan fingerprint density at radius 3 is 2.92 bits per heavy atom. The summed E-state index contributed by atoms with van der Waals surface area (Å²) in [6.45, 7) is 7.81. The number of halogens is 1. The first-order chi connectivity index (χ1) is 11.7. The van der Waals surface area contributed by atoms with E-state index < -0.39 is 0 Å². The number of nitrogens with one attached hydrogen (secondary N) is 2. The second kappa shape index (κ2) is 10.5. The van der Waals surface area contributed by atoms with E-state index in [9.17, 15) is 0 Å². The second-order valence-corrected chi connectivity index (χ2v) is 6.95. The largest absolute Gasteiger partial charge is 0.356 e. The lowest BCUT2D eigenvalue weighted by atomic mass is 10.0. The molecule has 0 aliphatic carbocycles. The van der Waals surface area contributed by atoms with Crippen molar-refractivity contribution >= 4 is 17.6 Å². The van der Waals surface area contributed by atoms with Crippen molar-refractivity contribution in [3.05, 3.63) is 29.0 Å². The van der Waals surface area contributed by atoms with Crippen LogP contribution < -0.4 is 10.6 Å². The summed E-state index contributed by atoms with van der Waals surface area (Å²) in [4.78, 5) is 11.0. The predicted octanol–water partition coefficient (Wildman–Crippen LogP) is 2.56. The second-order valence-electron chi connectivity index (χ2n) is 6.57. The summed E-state index contributed by atoms with van der Waals surface area (Å²) in [5.41, 5.74) is 1.17. The zero-order valence-electron chi connectivity index (χ0n) is 14.9. The third-order valence-electron chi connectivity index (χ3n) is 4.40. The Balaban J connectivity index is 1.57. The summed E-state index contributed by atoms with van der Waals surface area (Å²) in [6, 6.07) is 3.83. The van der Waals surface area contributed by atoms with Crippen LogP contribution in [0.2, 0.25) is 5.15 Å². The van der Waals surface area contributed by atoms with Crippen molar-refractivity contribution in [2.75, 3.05) is 39.8 Å². The van der Waals surface area contributed by atoms with Gasteiger partial charge in [0.2, 0.25) is 0 Å². The SMILES string of the molecule is CN=C(NCCCN1CCCC(C)C1)NCCc1ccc(Cl)nc1. The Hall–Kier alpha value is -1.33. The van der Waals surface area contributed by atoms with Crippen LogP contribution in [0.3, 0.4) is 0 Å². The van der Waals surface area contributed by atoms with Crippen LogP contribution in [0.5, 0.6) is 0 Å². The molecule has 1 aliphatic heterocycles. The molecule has 1 unspecified atom stereocenters. The Morgan fingerprint density at radius 2 is 2.21 bits per heavy atom. The molecule has 1 saturated heterocycles. The van der Waals surface area contributed by atoms with Gasteiger partial charge in [-0.1, -0.05) is 24.6 Å². The van der Waals surface area contributed by atoms with E-state index in [1.165, 1.54) is 38.0 Å². The van der Waals surface area contributed by atoms with E-state index in [1.807, 2.05) is 25.4 Å². The van der Waals surface area contributed by atoms with Gasteiger partial charge in [0.25, 0.3) is 0 Å². The maximum absolute atomic E-state index is 5.79. The molecule has 2 rings (SSSR count). The maximum atomic E-state index is 5.79. The molecule has 0 saturated carbocycles. The molecule has 0 bridgehead atoms. The molecule has 1 aromatic rings. The number of piperidine rings is 1. The molecule has 1 fully saturated rings. The fraction of sp³-hybridized carbons (Fsp3) is 0.667. The molecular formula is C18H30ClN5. The molecule has 1 aromatic heterocycles. The highest BCUT2D eigenvalue weighted by atomic mass is 35.5. The number of pyridine rings is 1. The molecule has 2 N–H and O–H groups in total. The van der Waals surface area contributed by atoms with Crippen LogP contribution in [0, 0.1) is 5.92 Å². The van der Waals surface area contributed by atoms with Gasteiger partial charge in [-0.25, -0.2) is 4.98 Å². The fourth-order valence-corrected chi connectivity index (χ4v) is 3.21. The van der Waals surface area contributed by atoms with Crippen molar-refractivity contribution in [1.29, 1.82) is 0 Å². The molecule has 2 heterocycles. The molecule has 1 aliphatic rings. The van der Waals surface area contributed by atoms with Crippen molar-refractivity contribution in [3.63, 3.8) is 0 Å². The van der Waals surface area contributed by atoms with Crippen LogP contribution in [-0.4, -0.2) is 55.6 Å². The minimum atomic E-state index is 0.535. The molecule has 0 aromatic carbocycles. The lowest BCUT2D eigenvalue weighted by Crippen LogP contribution is -2.40. The van der Waals surface area contributed by atoms with Gasteiger partial charge in [0, 0.05) is 32.9 Å². The van der Waals surface area contributed by atoms with Crippen LogP contribution >= 0.6 is 11.6 Å². The van der Waals surface area contributed by atoms with Crippen LogP contribution in [0.4, 0.5) is 0 Å². The lowest BCUT2D eigenvalue weighted by Gasteiger charge is -2.30. The Morgan fingerprint density at radius 1 is 1.38 bits per heavy atom. The fourth-order valence-electron chi connectivity index (χ4n) is 3.10. The summed E-state index contributed by atoms with van der Waals surface area (Å²) in [5, 5.41) is 7.27. The number of rotatable bonds is 7. The molecule has 0 spiro atoms. The topological polar surface area (TPSA) is 52.6 Å². The van der Waals surface area contributed by atoms with Gasteiger partial charge in [0.15, 0.2) is 5.96 Å². The third kappa shape index (κ3) is 7.05. The van der Waals surface area contributed by atoms with Crippen molar-refractivity contribution < 1.29 is 0 Å². The molecule has 1 atom stereocenters. The first-order valence-electron chi connectivity index (χ1n) is 8.94. The molecule has 24 heavy (non-hydrogen) atoms. The standard InChI is InChI=1S/C18H30ClN5/c1-15-5-3-11-24(14-15)12-4-9-21-18(20-2)22-10-8-16-6-7-17(19)23-13-16/h6-7,13,15H,3-5,8-12,14H2,1-2H3,(H2,20,21,22). The van der Waals surface area contributed by atoms with Gasteiger partial charge in [0.1, 0.15) is 5.15 Å². The number of hydrogen-bond donors (Lipinski definition) is 2. The number of aliphatic imine (C=N–C) groups is 1. The lowest BCUT2D eigenvalue weighted by molar-refractivity contribution is 0.182. The molecule has 5 nitrogen and oxygen atoms in total. The molecular weight excluding hydrogens is 322 g/mol. The Bertz CT molecular complexity index is 503. The summed E-state index contributed by atoms with van der Waals surface area (Å²) in [5.74, 6) is 1.72. The minimum absolute atomic E-state index is 0.535. The summed E-state index contributed by atoms with van der Waals surface area (Å²) >= 11 is 5.79. The van der Waals surface area contributed by atoms with Crippen LogP contribution in [0.25, 0.3) is 0 Å². The van der Waals surface area contributed by atoms with Gasteiger partial charge >= 0.3 is 0 Å². The zero-order valence-corrected chi connectivity index (χ0v) is 15.6. The summed E-state index contributed by atoms with van der Waals surface area (Å²) in [6.07, 6.45) is 6.59. The first-order valence-corrected chi connectivity index (χ1v) is 9.32. The highest BCUT2D eigenvalue weighted by Crippen LogP contribution is 2.15. The van der Waals surface area contributed by atoms with Crippen molar-refractivity contribution in [3.8, 4) is 0 Å². The minimum Gasteiger partial charge on any atom is -0.356 e. The van der Waals surface area contributed by atoms with Crippen molar-refractivity contribution in [1.82, 2.24) is 20.5 Å². The van der Waals surface area contributed by atoms with Crippen LogP contribution in [0.15, 0.2) is 23.3 Å². The Kier molecular flexibility index (Phi) is 8.33. The molecule has 134 valence electrons. The van der Waals surface area contributed by atoms with E-state index in [0.717, 1.165) is 37.8 Å². The van der Waals surface area contributed by atoms with E-state index in [4.69, 9.17) is 11.6 Å². The average Bonchev–Trinajstić information content (AvgIpc) is 2.59. The van der Waals surface area contributed by atoms with Gasteiger partial charge in [-0.15, -0.1) is 0 Å². The van der Waals surface area contributed by atoms with E-state index in [2.05, 4.69) is 32.4 Å². The monoisotopic (exact) mass is 351 g/mol. The third-order valence-corrected chi connectivity index (χ3v) is 4.63.